The maximum absolute atomic E-state index is 8.81. The first-order valence-corrected chi connectivity index (χ1v) is 4.54. The fraction of sp³-hybridized carbons (Fsp3) is 0.800. The summed E-state index contributed by atoms with van der Waals surface area (Å²) in [4.78, 5) is 0. The Morgan fingerprint density at radius 3 is 2.91 bits per heavy atom. The first-order valence-electron chi connectivity index (χ1n) is 4.54. The molecule has 0 heterocycles. The van der Waals surface area contributed by atoms with Crippen LogP contribution in [0.4, 0.5) is 0 Å². The molecule has 0 spiro atoms. The highest BCUT2D eigenvalue weighted by Crippen LogP contribution is 2.34. The minimum atomic E-state index is 0.314. The van der Waals surface area contributed by atoms with Crippen molar-refractivity contribution in [3.05, 3.63) is 12.2 Å². The quantitative estimate of drug-likeness (QED) is 0.605. The summed E-state index contributed by atoms with van der Waals surface area (Å²) < 4.78 is 0. The van der Waals surface area contributed by atoms with Crippen molar-refractivity contribution >= 4 is 0 Å². The van der Waals surface area contributed by atoms with E-state index >= 15 is 0 Å². The lowest BCUT2D eigenvalue weighted by Crippen LogP contribution is -2.19. The van der Waals surface area contributed by atoms with Gasteiger partial charge in [0.2, 0.25) is 0 Å². The van der Waals surface area contributed by atoms with Crippen LogP contribution in [0, 0.1) is 11.8 Å². The summed E-state index contributed by atoms with van der Waals surface area (Å²) in [6.07, 6.45) is 4.70. The molecular formula is C10H18O. The zero-order chi connectivity index (χ0) is 8.27. The number of rotatable bonds is 2. The Balaban J connectivity index is 2.48. The molecule has 0 aromatic rings. The van der Waals surface area contributed by atoms with Gasteiger partial charge in [0, 0.05) is 6.61 Å². The van der Waals surface area contributed by atoms with Crippen molar-refractivity contribution in [2.75, 3.05) is 6.61 Å². The van der Waals surface area contributed by atoms with E-state index in [1.54, 1.807) is 0 Å². The predicted molar refractivity (Wildman–Crippen MR) is 47.3 cm³/mol. The molecule has 0 aromatic carbocycles. The summed E-state index contributed by atoms with van der Waals surface area (Å²) in [5, 5.41) is 8.81. The van der Waals surface area contributed by atoms with Gasteiger partial charge in [-0.25, -0.2) is 0 Å². The lowest BCUT2D eigenvalue weighted by atomic mass is 9.76. The molecule has 1 rings (SSSR count). The highest BCUT2D eigenvalue weighted by atomic mass is 16.3. The summed E-state index contributed by atoms with van der Waals surface area (Å²) in [6.45, 7) is 6.64. The van der Waals surface area contributed by atoms with E-state index in [-0.39, 0.29) is 0 Å². The van der Waals surface area contributed by atoms with Crippen molar-refractivity contribution in [3.8, 4) is 0 Å². The van der Waals surface area contributed by atoms with Crippen LogP contribution in [0.25, 0.3) is 0 Å². The maximum Gasteiger partial charge on any atom is 0.0436 e. The molecule has 0 saturated heterocycles. The van der Waals surface area contributed by atoms with Crippen molar-refractivity contribution in [3.63, 3.8) is 0 Å². The van der Waals surface area contributed by atoms with E-state index < -0.39 is 0 Å². The van der Waals surface area contributed by atoms with Gasteiger partial charge in [-0.15, -0.1) is 0 Å². The largest absolute Gasteiger partial charge is 0.396 e. The molecule has 64 valence electrons. The van der Waals surface area contributed by atoms with Crippen LogP contribution < -0.4 is 0 Å². The number of aliphatic hydroxyl groups excluding tert-OH is 1. The summed E-state index contributed by atoms with van der Waals surface area (Å²) >= 11 is 0. The number of hydrogen-bond donors (Lipinski definition) is 1. The van der Waals surface area contributed by atoms with Crippen LogP contribution in [0.2, 0.25) is 0 Å². The van der Waals surface area contributed by atoms with Crippen LogP contribution in [0.15, 0.2) is 12.2 Å². The summed E-state index contributed by atoms with van der Waals surface area (Å²) in [7, 11) is 0. The minimum Gasteiger partial charge on any atom is -0.396 e. The second-order valence-electron chi connectivity index (χ2n) is 3.65. The normalized spacial score (nSPS) is 32.4. The third kappa shape index (κ3) is 2.06. The van der Waals surface area contributed by atoms with Crippen LogP contribution >= 0.6 is 0 Å². The molecule has 1 aliphatic rings. The van der Waals surface area contributed by atoms with Gasteiger partial charge in [0.25, 0.3) is 0 Å². The Morgan fingerprint density at radius 2 is 2.36 bits per heavy atom. The van der Waals surface area contributed by atoms with Gasteiger partial charge in [0.05, 0.1) is 0 Å². The highest BCUT2D eigenvalue weighted by molar-refractivity contribution is 5.05. The summed E-state index contributed by atoms with van der Waals surface area (Å²) in [5.41, 5.74) is 1.36. The third-order valence-electron chi connectivity index (χ3n) is 2.81. The van der Waals surface area contributed by atoms with Crippen LogP contribution in [-0.2, 0) is 0 Å². The van der Waals surface area contributed by atoms with Crippen molar-refractivity contribution in [2.45, 2.75) is 32.6 Å². The second kappa shape index (κ2) is 3.91. The van der Waals surface area contributed by atoms with E-state index in [9.17, 15) is 0 Å². The van der Waals surface area contributed by atoms with Gasteiger partial charge in [-0.05, 0) is 37.5 Å². The zero-order valence-electron chi connectivity index (χ0n) is 7.34. The average Bonchev–Trinajstić information content (AvgIpc) is 1.97. The molecule has 1 fully saturated rings. The molecule has 1 heteroatoms. The Hall–Kier alpha value is -0.300. The predicted octanol–water partition coefficient (Wildman–Crippen LogP) is 2.36. The zero-order valence-corrected chi connectivity index (χ0v) is 7.34. The van der Waals surface area contributed by atoms with Crippen molar-refractivity contribution in [1.29, 1.82) is 0 Å². The number of aliphatic hydroxyl groups is 1. The molecule has 0 amide bonds. The van der Waals surface area contributed by atoms with E-state index in [2.05, 4.69) is 13.5 Å². The van der Waals surface area contributed by atoms with Crippen LogP contribution in [0.1, 0.15) is 32.6 Å². The molecule has 0 unspecified atom stereocenters. The molecule has 1 N–H and O–H groups in total. The average molecular weight is 154 g/mol. The first-order chi connectivity index (χ1) is 5.25. The molecule has 2 atom stereocenters. The molecule has 0 bridgehead atoms. The lowest BCUT2D eigenvalue weighted by Gasteiger charge is -2.30. The van der Waals surface area contributed by atoms with Gasteiger partial charge in [-0.1, -0.05) is 19.1 Å². The number of allylic oxidation sites excluding steroid dienone is 1. The number of hydrogen-bond acceptors (Lipinski definition) is 1. The van der Waals surface area contributed by atoms with Crippen LogP contribution in [0.5, 0.6) is 0 Å². The standard InChI is InChI=1S/C10H18O/c1-8-4-3-5-9(2)10(8)6-7-11/h9-11H,1,3-7H2,2H3/t9-,10-/m0/s1. The van der Waals surface area contributed by atoms with Crippen LogP contribution in [-0.4, -0.2) is 11.7 Å². The smallest absolute Gasteiger partial charge is 0.0436 e. The van der Waals surface area contributed by atoms with Crippen LogP contribution in [0.3, 0.4) is 0 Å². The van der Waals surface area contributed by atoms with Gasteiger partial charge in [0.15, 0.2) is 0 Å². The third-order valence-corrected chi connectivity index (χ3v) is 2.81. The van der Waals surface area contributed by atoms with E-state index in [0.717, 1.165) is 12.3 Å². The van der Waals surface area contributed by atoms with Gasteiger partial charge in [0.1, 0.15) is 0 Å². The molecule has 1 aliphatic carbocycles. The van der Waals surface area contributed by atoms with Gasteiger partial charge < -0.3 is 5.11 Å². The molecular weight excluding hydrogens is 136 g/mol. The monoisotopic (exact) mass is 154 g/mol. The topological polar surface area (TPSA) is 20.2 Å². The van der Waals surface area contributed by atoms with Gasteiger partial charge in [-0.3, -0.25) is 0 Å². The Labute approximate surface area is 69.1 Å². The Morgan fingerprint density at radius 1 is 1.64 bits per heavy atom. The fourth-order valence-corrected chi connectivity index (χ4v) is 2.07. The summed E-state index contributed by atoms with van der Waals surface area (Å²) in [5.74, 6) is 1.33. The van der Waals surface area contributed by atoms with E-state index in [1.807, 2.05) is 0 Å². The van der Waals surface area contributed by atoms with E-state index in [4.69, 9.17) is 5.11 Å². The van der Waals surface area contributed by atoms with Gasteiger partial charge >= 0.3 is 0 Å². The minimum absolute atomic E-state index is 0.314. The van der Waals surface area contributed by atoms with Crippen molar-refractivity contribution < 1.29 is 5.11 Å². The molecule has 11 heavy (non-hydrogen) atoms. The molecule has 0 radical (unpaired) electrons. The molecule has 0 aliphatic heterocycles. The second-order valence-corrected chi connectivity index (χ2v) is 3.65. The highest BCUT2D eigenvalue weighted by Gasteiger charge is 2.23. The Bertz CT molecular complexity index is 140. The van der Waals surface area contributed by atoms with Gasteiger partial charge in [-0.2, -0.15) is 0 Å². The van der Waals surface area contributed by atoms with Crippen molar-refractivity contribution in [1.82, 2.24) is 0 Å². The molecule has 1 nitrogen and oxygen atoms in total. The lowest BCUT2D eigenvalue weighted by molar-refractivity contribution is 0.223. The molecule has 1 saturated carbocycles. The van der Waals surface area contributed by atoms with E-state index in [1.165, 1.54) is 24.8 Å². The first kappa shape index (κ1) is 8.79. The van der Waals surface area contributed by atoms with Crippen molar-refractivity contribution in [2.24, 2.45) is 11.8 Å². The maximum atomic E-state index is 8.81. The Kier molecular flexibility index (Phi) is 3.13. The van der Waals surface area contributed by atoms with E-state index in [0.29, 0.717) is 12.5 Å². The fourth-order valence-electron chi connectivity index (χ4n) is 2.07. The summed E-state index contributed by atoms with van der Waals surface area (Å²) in [6, 6.07) is 0. The molecule has 0 aromatic heterocycles. The SMILES string of the molecule is C=C1CCC[C@H](C)[C@H]1CCO.